The van der Waals surface area contributed by atoms with Crippen LogP contribution in [0, 0.1) is 12.7 Å². The third-order valence-corrected chi connectivity index (χ3v) is 3.92. The normalized spacial score (nSPS) is 10.9. The number of rotatable bonds is 4. The van der Waals surface area contributed by atoms with Gasteiger partial charge >= 0.3 is 0 Å². The first-order valence-corrected chi connectivity index (χ1v) is 7.60. The van der Waals surface area contributed by atoms with Crippen molar-refractivity contribution in [2.45, 2.75) is 13.3 Å². The molecular weight excluding hydrogens is 317 g/mol. The number of imidazole rings is 1. The lowest BCUT2D eigenvalue weighted by Crippen LogP contribution is -2.27. The van der Waals surface area contributed by atoms with Gasteiger partial charge < -0.3 is 9.72 Å². The number of pyridine rings is 1. The zero-order valence-corrected chi connectivity index (χ0v) is 13.3. The summed E-state index contributed by atoms with van der Waals surface area (Å²) >= 11 is 5.87. The maximum atomic E-state index is 13.7. The van der Waals surface area contributed by atoms with Gasteiger partial charge in [0.1, 0.15) is 11.5 Å². The number of aromatic nitrogens is 2. The summed E-state index contributed by atoms with van der Waals surface area (Å²) in [5.74, 6) is -1.15. The van der Waals surface area contributed by atoms with Gasteiger partial charge in [0.25, 0.3) is 5.91 Å². The van der Waals surface area contributed by atoms with Crippen molar-refractivity contribution < 1.29 is 9.18 Å². The number of benzene rings is 1. The lowest BCUT2D eigenvalue weighted by Gasteiger charge is -2.06. The van der Waals surface area contributed by atoms with E-state index >= 15 is 0 Å². The van der Waals surface area contributed by atoms with Crippen molar-refractivity contribution in [2.75, 3.05) is 6.54 Å². The first-order valence-electron chi connectivity index (χ1n) is 7.22. The first-order chi connectivity index (χ1) is 11.1. The van der Waals surface area contributed by atoms with E-state index in [0.717, 1.165) is 17.0 Å². The molecule has 0 bridgehead atoms. The Labute approximate surface area is 137 Å². The van der Waals surface area contributed by atoms with Gasteiger partial charge in [-0.3, -0.25) is 4.79 Å². The van der Waals surface area contributed by atoms with Crippen LogP contribution in [0.15, 0.2) is 42.6 Å². The molecule has 0 aliphatic rings. The van der Waals surface area contributed by atoms with Crippen molar-refractivity contribution >= 4 is 23.2 Å². The highest BCUT2D eigenvalue weighted by Gasteiger charge is 2.15. The van der Waals surface area contributed by atoms with E-state index in [1.54, 1.807) is 0 Å². The predicted molar refractivity (Wildman–Crippen MR) is 87.4 cm³/mol. The van der Waals surface area contributed by atoms with Gasteiger partial charge in [-0.2, -0.15) is 0 Å². The number of nitrogens with zero attached hydrogens (tertiary/aromatic N) is 2. The Bertz CT molecular complexity index is 855. The van der Waals surface area contributed by atoms with Crippen LogP contribution < -0.4 is 5.32 Å². The molecule has 0 spiro atoms. The molecule has 3 aromatic rings. The largest absolute Gasteiger partial charge is 0.352 e. The number of fused-ring (bicyclic) bond motifs is 1. The van der Waals surface area contributed by atoms with Gasteiger partial charge in [0, 0.05) is 24.9 Å². The van der Waals surface area contributed by atoms with Crippen LogP contribution in [0.2, 0.25) is 5.02 Å². The quantitative estimate of drug-likeness (QED) is 0.796. The highest BCUT2D eigenvalue weighted by atomic mass is 35.5. The summed E-state index contributed by atoms with van der Waals surface area (Å²) < 4.78 is 15.7. The molecule has 2 aromatic heterocycles. The summed E-state index contributed by atoms with van der Waals surface area (Å²) in [6, 6.07) is 10.0. The molecule has 0 aliphatic heterocycles. The van der Waals surface area contributed by atoms with E-state index in [-0.39, 0.29) is 10.6 Å². The molecule has 118 valence electrons. The molecule has 23 heavy (non-hydrogen) atoms. The van der Waals surface area contributed by atoms with Gasteiger partial charge in [-0.05, 0) is 31.2 Å². The molecule has 0 saturated heterocycles. The molecule has 0 unspecified atom stereocenters. The predicted octanol–water partition coefficient (Wildman–Crippen LogP) is 3.41. The van der Waals surface area contributed by atoms with Crippen molar-refractivity contribution in [2.24, 2.45) is 0 Å². The van der Waals surface area contributed by atoms with E-state index in [4.69, 9.17) is 11.6 Å². The maximum absolute atomic E-state index is 13.7. The second-order valence-corrected chi connectivity index (χ2v) is 5.64. The molecule has 2 heterocycles. The van der Waals surface area contributed by atoms with Crippen LogP contribution in [0.4, 0.5) is 4.39 Å². The Hall–Kier alpha value is -2.40. The second kappa shape index (κ2) is 6.38. The van der Waals surface area contributed by atoms with E-state index in [9.17, 15) is 9.18 Å². The SMILES string of the molecule is Cc1cccc2nc(CCNC(=O)c3c(F)cccc3Cl)cn12. The Morgan fingerprint density at radius 2 is 2.09 bits per heavy atom. The van der Waals surface area contributed by atoms with Crippen LogP contribution in [-0.4, -0.2) is 21.8 Å². The number of halogens is 2. The monoisotopic (exact) mass is 331 g/mol. The zero-order valence-electron chi connectivity index (χ0n) is 12.5. The first kappa shape index (κ1) is 15.5. The molecule has 1 aromatic carbocycles. The number of hydrogen-bond donors (Lipinski definition) is 1. The number of aryl methyl sites for hydroxylation is 1. The molecule has 0 aliphatic carbocycles. The summed E-state index contributed by atoms with van der Waals surface area (Å²) in [7, 11) is 0. The lowest BCUT2D eigenvalue weighted by molar-refractivity contribution is 0.0950. The van der Waals surface area contributed by atoms with Crippen molar-refractivity contribution in [1.82, 2.24) is 14.7 Å². The minimum atomic E-state index is -0.627. The third kappa shape index (κ3) is 3.19. The third-order valence-electron chi connectivity index (χ3n) is 3.60. The molecule has 3 rings (SSSR count). The van der Waals surface area contributed by atoms with Crippen LogP contribution in [0.3, 0.4) is 0 Å². The molecular formula is C17H15ClFN3O. The van der Waals surface area contributed by atoms with Crippen molar-refractivity contribution in [1.29, 1.82) is 0 Å². The van der Waals surface area contributed by atoms with Gasteiger partial charge in [0.15, 0.2) is 0 Å². The second-order valence-electron chi connectivity index (χ2n) is 5.23. The highest BCUT2D eigenvalue weighted by Crippen LogP contribution is 2.18. The number of carbonyl (C=O) groups excluding carboxylic acids is 1. The van der Waals surface area contributed by atoms with Gasteiger partial charge in [-0.1, -0.05) is 23.7 Å². The minimum Gasteiger partial charge on any atom is -0.352 e. The van der Waals surface area contributed by atoms with Gasteiger partial charge in [-0.25, -0.2) is 9.37 Å². The molecule has 4 nitrogen and oxygen atoms in total. The standard InChI is InChI=1S/C17H15ClFN3O/c1-11-4-2-7-15-21-12(10-22(11)15)8-9-20-17(23)16-13(18)5-3-6-14(16)19/h2-7,10H,8-9H2,1H3,(H,20,23). The summed E-state index contributed by atoms with van der Waals surface area (Å²) in [5, 5.41) is 2.78. The average Bonchev–Trinajstić information content (AvgIpc) is 2.91. The average molecular weight is 332 g/mol. The molecule has 6 heteroatoms. The van der Waals surface area contributed by atoms with Crippen LogP contribution in [0.1, 0.15) is 21.7 Å². The zero-order chi connectivity index (χ0) is 16.4. The van der Waals surface area contributed by atoms with Crippen LogP contribution >= 0.6 is 11.6 Å². The number of amides is 1. The van der Waals surface area contributed by atoms with Gasteiger partial charge in [0.05, 0.1) is 16.3 Å². The smallest absolute Gasteiger partial charge is 0.255 e. The van der Waals surface area contributed by atoms with E-state index < -0.39 is 11.7 Å². The fourth-order valence-electron chi connectivity index (χ4n) is 2.43. The summed E-state index contributed by atoms with van der Waals surface area (Å²) in [4.78, 5) is 16.5. The molecule has 1 N–H and O–H groups in total. The highest BCUT2D eigenvalue weighted by molar-refractivity contribution is 6.33. The molecule has 0 radical (unpaired) electrons. The van der Waals surface area contributed by atoms with E-state index in [1.165, 1.54) is 18.2 Å². The van der Waals surface area contributed by atoms with E-state index in [0.29, 0.717) is 13.0 Å². The van der Waals surface area contributed by atoms with Gasteiger partial charge in [-0.15, -0.1) is 0 Å². The number of carbonyl (C=O) groups is 1. The summed E-state index contributed by atoms with van der Waals surface area (Å²) in [5.41, 5.74) is 2.69. The van der Waals surface area contributed by atoms with E-state index in [2.05, 4.69) is 10.3 Å². The minimum absolute atomic E-state index is 0.103. The maximum Gasteiger partial charge on any atom is 0.255 e. The molecule has 1 amide bonds. The van der Waals surface area contributed by atoms with Crippen LogP contribution in [0.25, 0.3) is 5.65 Å². The molecule has 0 atom stereocenters. The lowest BCUT2D eigenvalue weighted by atomic mass is 10.2. The van der Waals surface area contributed by atoms with Crippen molar-refractivity contribution in [3.63, 3.8) is 0 Å². The van der Waals surface area contributed by atoms with E-state index in [1.807, 2.05) is 35.7 Å². The fourth-order valence-corrected chi connectivity index (χ4v) is 2.68. The number of nitrogens with one attached hydrogen (secondary N) is 1. The summed E-state index contributed by atoms with van der Waals surface area (Å²) in [6.45, 7) is 2.35. The Morgan fingerprint density at radius 3 is 2.83 bits per heavy atom. The van der Waals surface area contributed by atoms with Crippen LogP contribution in [-0.2, 0) is 6.42 Å². The fraction of sp³-hybridized carbons (Fsp3) is 0.176. The molecule has 0 saturated carbocycles. The van der Waals surface area contributed by atoms with Crippen LogP contribution in [0.5, 0.6) is 0 Å². The van der Waals surface area contributed by atoms with Gasteiger partial charge in [0.2, 0.25) is 0 Å². The van der Waals surface area contributed by atoms with Crippen molar-refractivity contribution in [3.05, 3.63) is 70.4 Å². The Balaban J connectivity index is 1.66. The Kier molecular flexibility index (Phi) is 4.30. The number of hydrogen-bond acceptors (Lipinski definition) is 2. The molecule has 0 fully saturated rings. The van der Waals surface area contributed by atoms with Crippen molar-refractivity contribution in [3.8, 4) is 0 Å². The Morgan fingerprint density at radius 1 is 1.30 bits per heavy atom. The summed E-state index contributed by atoms with van der Waals surface area (Å²) in [6.07, 6.45) is 2.49. The topological polar surface area (TPSA) is 46.4 Å².